The molecule has 1 saturated heterocycles. The molecule has 1 aliphatic rings. The van der Waals surface area contributed by atoms with Crippen molar-refractivity contribution in [1.29, 1.82) is 0 Å². The van der Waals surface area contributed by atoms with Gasteiger partial charge in [0.25, 0.3) is 5.91 Å². The fourth-order valence-electron chi connectivity index (χ4n) is 3.27. The molecule has 1 aliphatic heterocycles. The first-order valence-corrected chi connectivity index (χ1v) is 9.74. The van der Waals surface area contributed by atoms with Gasteiger partial charge in [-0.25, -0.2) is 0 Å². The Bertz CT molecular complexity index is 957. The second-order valence-electron chi connectivity index (χ2n) is 7.32. The van der Waals surface area contributed by atoms with Crippen molar-refractivity contribution in [3.63, 3.8) is 0 Å². The van der Waals surface area contributed by atoms with Gasteiger partial charge in [0, 0.05) is 37.8 Å². The van der Waals surface area contributed by atoms with E-state index in [1.807, 2.05) is 0 Å². The Balaban J connectivity index is 1.50. The van der Waals surface area contributed by atoms with Gasteiger partial charge in [0.15, 0.2) is 0 Å². The number of alkyl halides is 3. The molecule has 9 heteroatoms. The van der Waals surface area contributed by atoms with Crippen LogP contribution in [-0.2, 0) is 22.3 Å². The Morgan fingerprint density at radius 1 is 1.06 bits per heavy atom. The number of hydrogen-bond donors (Lipinski definition) is 1. The molecule has 2 aromatic carbocycles. The minimum absolute atomic E-state index is 0.0545. The first-order valence-electron chi connectivity index (χ1n) is 9.74. The summed E-state index contributed by atoms with van der Waals surface area (Å²) in [5.74, 6) is -0.762. The number of halogens is 3. The van der Waals surface area contributed by atoms with E-state index >= 15 is 0 Å². The summed E-state index contributed by atoms with van der Waals surface area (Å²) in [6.07, 6.45) is -3.08. The lowest BCUT2D eigenvalue weighted by Gasteiger charge is -2.18. The number of anilines is 1. The van der Waals surface area contributed by atoms with E-state index < -0.39 is 17.6 Å². The Morgan fingerprint density at radius 2 is 1.71 bits per heavy atom. The average molecular weight is 433 g/mol. The zero-order chi connectivity index (χ0) is 22.6. The zero-order valence-electron chi connectivity index (χ0n) is 16.9. The standard InChI is InChI=1S/C22H22F3N3O3/c1-27(14-15-4-8-17(9-5-15)22(23,24)25)20(30)13-26-21(31)16-6-10-18(11-7-16)28-12-2-3-19(28)29/h4-11H,2-3,12-14H2,1H3,(H,26,31). The molecular formula is C22H22F3N3O3. The smallest absolute Gasteiger partial charge is 0.343 e. The number of carbonyl (C=O) groups excluding carboxylic acids is 3. The largest absolute Gasteiger partial charge is 0.416 e. The average Bonchev–Trinajstić information content (AvgIpc) is 3.17. The van der Waals surface area contributed by atoms with E-state index in [2.05, 4.69) is 5.32 Å². The molecule has 0 aliphatic carbocycles. The van der Waals surface area contributed by atoms with Gasteiger partial charge in [0.05, 0.1) is 12.1 Å². The van der Waals surface area contributed by atoms with E-state index in [0.29, 0.717) is 24.1 Å². The third-order valence-corrected chi connectivity index (χ3v) is 5.04. The van der Waals surface area contributed by atoms with Gasteiger partial charge in [-0.15, -0.1) is 0 Å². The van der Waals surface area contributed by atoms with Gasteiger partial charge >= 0.3 is 6.18 Å². The molecule has 6 nitrogen and oxygen atoms in total. The Morgan fingerprint density at radius 3 is 2.26 bits per heavy atom. The second-order valence-corrected chi connectivity index (χ2v) is 7.32. The van der Waals surface area contributed by atoms with Gasteiger partial charge in [0.1, 0.15) is 0 Å². The molecule has 2 aromatic rings. The maximum absolute atomic E-state index is 12.6. The molecule has 0 radical (unpaired) electrons. The monoisotopic (exact) mass is 433 g/mol. The van der Waals surface area contributed by atoms with Crippen molar-refractivity contribution < 1.29 is 27.6 Å². The summed E-state index contributed by atoms with van der Waals surface area (Å²) in [5, 5.41) is 2.53. The molecule has 3 amide bonds. The number of nitrogens with zero attached hydrogens (tertiary/aromatic N) is 2. The maximum Gasteiger partial charge on any atom is 0.416 e. The van der Waals surface area contributed by atoms with Crippen LogP contribution in [0.4, 0.5) is 18.9 Å². The van der Waals surface area contributed by atoms with Crippen LogP contribution in [0.25, 0.3) is 0 Å². The number of benzene rings is 2. The van der Waals surface area contributed by atoms with E-state index in [1.54, 1.807) is 29.2 Å². The van der Waals surface area contributed by atoms with E-state index in [-0.39, 0.29) is 24.9 Å². The van der Waals surface area contributed by atoms with Crippen LogP contribution in [0.2, 0.25) is 0 Å². The van der Waals surface area contributed by atoms with Crippen LogP contribution >= 0.6 is 0 Å². The van der Waals surface area contributed by atoms with Crippen molar-refractivity contribution >= 4 is 23.4 Å². The molecule has 0 spiro atoms. The van der Waals surface area contributed by atoms with E-state index in [4.69, 9.17) is 0 Å². The third kappa shape index (κ3) is 5.62. The summed E-state index contributed by atoms with van der Waals surface area (Å²) in [6.45, 7) is 0.526. The zero-order valence-corrected chi connectivity index (χ0v) is 16.9. The highest BCUT2D eigenvalue weighted by molar-refractivity contribution is 5.98. The van der Waals surface area contributed by atoms with Gasteiger partial charge in [0.2, 0.25) is 11.8 Å². The molecule has 31 heavy (non-hydrogen) atoms. The summed E-state index contributed by atoms with van der Waals surface area (Å²) >= 11 is 0. The lowest BCUT2D eigenvalue weighted by atomic mass is 10.1. The lowest BCUT2D eigenvalue weighted by molar-refractivity contribution is -0.137. The normalized spacial score (nSPS) is 13.9. The Kier molecular flexibility index (Phi) is 6.62. The van der Waals surface area contributed by atoms with Gasteiger partial charge in [-0.2, -0.15) is 13.2 Å². The molecule has 1 heterocycles. The molecule has 0 atom stereocenters. The molecule has 3 rings (SSSR count). The number of hydrogen-bond acceptors (Lipinski definition) is 3. The van der Waals surface area contributed by atoms with Gasteiger partial charge in [-0.3, -0.25) is 14.4 Å². The van der Waals surface area contributed by atoms with Crippen LogP contribution in [0.15, 0.2) is 48.5 Å². The molecular weight excluding hydrogens is 411 g/mol. The summed E-state index contributed by atoms with van der Waals surface area (Å²) < 4.78 is 37.9. The SMILES string of the molecule is CN(Cc1ccc(C(F)(F)F)cc1)C(=O)CNC(=O)c1ccc(N2CCCC2=O)cc1. The predicted molar refractivity (Wildman–Crippen MR) is 108 cm³/mol. The number of nitrogens with one attached hydrogen (secondary N) is 1. The van der Waals surface area contributed by atoms with E-state index in [9.17, 15) is 27.6 Å². The summed E-state index contributed by atoms with van der Waals surface area (Å²) in [5.41, 5.74) is 0.875. The second kappa shape index (κ2) is 9.20. The molecule has 164 valence electrons. The first-order chi connectivity index (χ1) is 14.6. The maximum atomic E-state index is 12.6. The van der Waals surface area contributed by atoms with Crippen molar-refractivity contribution in [3.05, 3.63) is 65.2 Å². The number of carbonyl (C=O) groups is 3. The fraction of sp³-hybridized carbons (Fsp3) is 0.318. The van der Waals surface area contributed by atoms with Crippen molar-refractivity contribution in [2.45, 2.75) is 25.6 Å². The van der Waals surface area contributed by atoms with Gasteiger partial charge in [-0.1, -0.05) is 12.1 Å². The van der Waals surface area contributed by atoms with Crippen LogP contribution < -0.4 is 10.2 Å². The highest BCUT2D eigenvalue weighted by Gasteiger charge is 2.30. The van der Waals surface area contributed by atoms with Crippen LogP contribution in [0.3, 0.4) is 0 Å². The molecule has 0 bridgehead atoms. The van der Waals surface area contributed by atoms with Gasteiger partial charge < -0.3 is 15.1 Å². The fourth-order valence-corrected chi connectivity index (χ4v) is 3.27. The summed E-state index contributed by atoms with van der Waals surface area (Å²) in [4.78, 5) is 39.3. The van der Waals surface area contributed by atoms with E-state index in [0.717, 1.165) is 24.2 Å². The van der Waals surface area contributed by atoms with Crippen LogP contribution in [0, 0.1) is 0 Å². The minimum atomic E-state index is -4.41. The summed E-state index contributed by atoms with van der Waals surface area (Å²) in [6, 6.07) is 11.1. The molecule has 0 unspecified atom stereocenters. The first kappa shape index (κ1) is 22.3. The Hall–Kier alpha value is -3.36. The lowest BCUT2D eigenvalue weighted by Crippen LogP contribution is -2.37. The highest BCUT2D eigenvalue weighted by Crippen LogP contribution is 2.29. The predicted octanol–water partition coefficient (Wildman–Crippen LogP) is 3.22. The van der Waals surface area contributed by atoms with Crippen molar-refractivity contribution in [2.75, 3.05) is 25.0 Å². The number of rotatable bonds is 6. The van der Waals surface area contributed by atoms with Crippen molar-refractivity contribution in [3.8, 4) is 0 Å². The Labute approximate surface area is 177 Å². The quantitative estimate of drug-likeness (QED) is 0.761. The minimum Gasteiger partial charge on any atom is -0.343 e. The van der Waals surface area contributed by atoms with Gasteiger partial charge in [-0.05, 0) is 48.4 Å². The number of likely N-dealkylation sites (N-methyl/N-ethyl adjacent to an activating group) is 1. The molecule has 1 fully saturated rings. The van der Waals surface area contributed by atoms with Crippen LogP contribution in [-0.4, -0.2) is 42.8 Å². The third-order valence-electron chi connectivity index (χ3n) is 5.04. The van der Waals surface area contributed by atoms with Crippen LogP contribution in [0.1, 0.15) is 34.3 Å². The van der Waals surface area contributed by atoms with Crippen molar-refractivity contribution in [2.24, 2.45) is 0 Å². The topological polar surface area (TPSA) is 69.7 Å². The van der Waals surface area contributed by atoms with Crippen molar-refractivity contribution in [1.82, 2.24) is 10.2 Å². The van der Waals surface area contributed by atoms with E-state index in [1.165, 1.54) is 24.1 Å². The highest BCUT2D eigenvalue weighted by atomic mass is 19.4. The molecule has 0 aromatic heterocycles. The van der Waals surface area contributed by atoms with Crippen LogP contribution in [0.5, 0.6) is 0 Å². The number of amides is 3. The summed E-state index contributed by atoms with van der Waals surface area (Å²) in [7, 11) is 1.51. The molecule has 0 saturated carbocycles. The molecule has 1 N–H and O–H groups in total.